The van der Waals surface area contributed by atoms with E-state index < -0.39 is 0 Å². The summed E-state index contributed by atoms with van der Waals surface area (Å²) in [5.41, 5.74) is 0.262. The third-order valence-electron chi connectivity index (χ3n) is 2.41. The number of hydrogen-bond acceptors (Lipinski definition) is 4. The second kappa shape index (κ2) is 5.73. The molecular formula is C10H20N2OS. The van der Waals surface area contributed by atoms with Crippen LogP contribution in [0.3, 0.4) is 0 Å². The molecule has 1 aliphatic heterocycles. The molecule has 14 heavy (non-hydrogen) atoms. The fraction of sp³-hybridized carbons (Fsp3) is 0.900. The van der Waals surface area contributed by atoms with E-state index in [1.807, 2.05) is 18.7 Å². The Balaban J connectivity index is 2.45. The Morgan fingerprint density at radius 3 is 2.79 bits per heavy atom. The standard InChI is InChI=1S/C10H20N2OS/c1-4-8(13)9(7(2)3)12-10-11-5-6-14-10/h7,9-12H,4-6H2,1-3H3/t9-,10?/m0/s1. The van der Waals surface area contributed by atoms with Crippen LogP contribution in [0, 0.1) is 5.92 Å². The third kappa shape index (κ3) is 3.26. The lowest BCUT2D eigenvalue weighted by Gasteiger charge is -2.24. The molecule has 0 saturated carbocycles. The van der Waals surface area contributed by atoms with Crippen molar-refractivity contribution in [3.05, 3.63) is 0 Å². The zero-order chi connectivity index (χ0) is 10.6. The highest BCUT2D eigenvalue weighted by Gasteiger charge is 2.25. The van der Waals surface area contributed by atoms with Crippen molar-refractivity contribution in [2.75, 3.05) is 12.3 Å². The first-order valence-corrected chi connectivity index (χ1v) is 6.33. The summed E-state index contributed by atoms with van der Waals surface area (Å²) in [6.45, 7) is 7.14. The highest BCUT2D eigenvalue weighted by atomic mass is 32.2. The monoisotopic (exact) mass is 216 g/mol. The summed E-state index contributed by atoms with van der Waals surface area (Å²) in [5.74, 6) is 1.81. The lowest BCUT2D eigenvalue weighted by atomic mass is 9.99. The van der Waals surface area contributed by atoms with Crippen molar-refractivity contribution in [2.24, 2.45) is 5.92 Å². The van der Waals surface area contributed by atoms with E-state index >= 15 is 0 Å². The molecular weight excluding hydrogens is 196 g/mol. The number of carbonyl (C=O) groups is 1. The van der Waals surface area contributed by atoms with Gasteiger partial charge < -0.3 is 0 Å². The predicted octanol–water partition coefficient (Wildman–Crippen LogP) is 1.20. The van der Waals surface area contributed by atoms with Crippen molar-refractivity contribution in [1.29, 1.82) is 0 Å². The summed E-state index contributed by atoms with van der Waals surface area (Å²) in [7, 11) is 0. The van der Waals surface area contributed by atoms with Gasteiger partial charge in [0.25, 0.3) is 0 Å². The molecule has 0 aromatic rings. The van der Waals surface area contributed by atoms with Gasteiger partial charge in [0.05, 0.1) is 6.04 Å². The van der Waals surface area contributed by atoms with Crippen LogP contribution in [0.2, 0.25) is 0 Å². The van der Waals surface area contributed by atoms with E-state index in [4.69, 9.17) is 0 Å². The van der Waals surface area contributed by atoms with E-state index in [1.165, 1.54) is 0 Å². The van der Waals surface area contributed by atoms with Crippen LogP contribution in [0.25, 0.3) is 0 Å². The quantitative estimate of drug-likeness (QED) is 0.724. The van der Waals surface area contributed by atoms with Crippen LogP contribution in [0.1, 0.15) is 27.2 Å². The van der Waals surface area contributed by atoms with Crippen molar-refractivity contribution >= 4 is 17.5 Å². The molecule has 3 nitrogen and oxygen atoms in total. The maximum atomic E-state index is 11.6. The Kier molecular flexibility index (Phi) is 4.92. The maximum Gasteiger partial charge on any atom is 0.149 e. The minimum Gasteiger partial charge on any atom is -0.298 e. The normalized spacial score (nSPS) is 24.1. The lowest BCUT2D eigenvalue weighted by Crippen LogP contribution is -2.48. The molecule has 0 spiro atoms. The van der Waals surface area contributed by atoms with E-state index in [9.17, 15) is 4.79 Å². The molecule has 82 valence electrons. The van der Waals surface area contributed by atoms with Gasteiger partial charge in [0.2, 0.25) is 0 Å². The Morgan fingerprint density at radius 2 is 2.36 bits per heavy atom. The van der Waals surface area contributed by atoms with Crippen LogP contribution >= 0.6 is 11.8 Å². The first-order valence-electron chi connectivity index (χ1n) is 5.29. The molecule has 1 fully saturated rings. The van der Waals surface area contributed by atoms with Gasteiger partial charge in [-0.25, -0.2) is 0 Å². The van der Waals surface area contributed by atoms with Gasteiger partial charge >= 0.3 is 0 Å². The number of Topliss-reactive ketones (excluding diaryl/α,β-unsaturated/α-hetero) is 1. The molecule has 1 saturated heterocycles. The molecule has 1 unspecified atom stereocenters. The minimum atomic E-state index is 0.00287. The molecule has 0 radical (unpaired) electrons. The van der Waals surface area contributed by atoms with Gasteiger partial charge in [-0.3, -0.25) is 15.4 Å². The van der Waals surface area contributed by atoms with Crippen LogP contribution in [0.15, 0.2) is 0 Å². The van der Waals surface area contributed by atoms with Crippen LogP contribution in [0.4, 0.5) is 0 Å². The smallest absolute Gasteiger partial charge is 0.149 e. The SMILES string of the molecule is CCC(=O)[C@@H](NC1NCCS1)C(C)C. The molecule has 0 aromatic heterocycles. The van der Waals surface area contributed by atoms with Gasteiger partial charge in [0, 0.05) is 18.7 Å². The van der Waals surface area contributed by atoms with Crippen molar-refractivity contribution in [3.63, 3.8) is 0 Å². The Labute approximate surface area is 90.4 Å². The number of ketones is 1. The van der Waals surface area contributed by atoms with Gasteiger partial charge in [-0.15, -0.1) is 11.8 Å². The second-order valence-electron chi connectivity index (χ2n) is 3.91. The van der Waals surface area contributed by atoms with Crippen molar-refractivity contribution < 1.29 is 4.79 Å². The van der Waals surface area contributed by atoms with Gasteiger partial charge in [-0.05, 0) is 5.92 Å². The highest BCUT2D eigenvalue weighted by Crippen LogP contribution is 2.14. The first kappa shape index (κ1) is 12.0. The number of hydrogen-bond donors (Lipinski definition) is 2. The van der Waals surface area contributed by atoms with E-state index in [-0.39, 0.29) is 11.5 Å². The second-order valence-corrected chi connectivity index (χ2v) is 5.13. The highest BCUT2D eigenvalue weighted by molar-refractivity contribution is 8.00. The van der Waals surface area contributed by atoms with Gasteiger partial charge in [-0.2, -0.15) is 0 Å². The average molecular weight is 216 g/mol. The maximum absolute atomic E-state index is 11.6. The molecule has 0 aromatic carbocycles. The van der Waals surface area contributed by atoms with Crippen molar-refractivity contribution in [1.82, 2.24) is 10.6 Å². The molecule has 1 rings (SSSR count). The minimum absolute atomic E-state index is 0.00287. The number of nitrogens with one attached hydrogen (secondary N) is 2. The fourth-order valence-electron chi connectivity index (χ4n) is 1.57. The summed E-state index contributed by atoms with van der Waals surface area (Å²) < 4.78 is 0. The molecule has 0 aliphatic carbocycles. The summed E-state index contributed by atoms with van der Waals surface area (Å²) in [5, 5.41) is 6.69. The summed E-state index contributed by atoms with van der Waals surface area (Å²) in [4.78, 5) is 11.6. The average Bonchev–Trinajstić information content (AvgIpc) is 2.65. The zero-order valence-electron chi connectivity index (χ0n) is 9.17. The van der Waals surface area contributed by atoms with E-state index in [1.54, 1.807) is 0 Å². The first-order chi connectivity index (χ1) is 6.65. The molecule has 1 heterocycles. The molecule has 2 N–H and O–H groups in total. The molecule has 1 aliphatic rings. The van der Waals surface area contributed by atoms with Crippen LogP contribution in [0.5, 0.6) is 0 Å². The number of rotatable bonds is 5. The Bertz CT molecular complexity index is 191. The van der Waals surface area contributed by atoms with Crippen molar-refractivity contribution in [3.8, 4) is 0 Å². The van der Waals surface area contributed by atoms with Gasteiger partial charge in [0.15, 0.2) is 0 Å². The van der Waals surface area contributed by atoms with E-state index in [0.717, 1.165) is 12.3 Å². The van der Waals surface area contributed by atoms with Crippen LogP contribution in [-0.4, -0.2) is 29.6 Å². The Hall–Kier alpha value is -0.0600. The predicted molar refractivity (Wildman–Crippen MR) is 61.3 cm³/mol. The summed E-state index contributed by atoms with van der Waals surface area (Å²) in [6.07, 6.45) is 0.618. The summed E-state index contributed by atoms with van der Waals surface area (Å²) in [6, 6.07) is 0.00287. The molecule has 4 heteroatoms. The largest absolute Gasteiger partial charge is 0.298 e. The summed E-state index contributed by atoms with van der Waals surface area (Å²) >= 11 is 1.84. The molecule has 2 atom stereocenters. The fourth-order valence-corrected chi connectivity index (χ4v) is 2.52. The molecule has 0 amide bonds. The lowest BCUT2D eigenvalue weighted by molar-refractivity contribution is -0.121. The number of carbonyl (C=O) groups excluding carboxylic acids is 1. The zero-order valence-corrected chi connectivity index (χ0v) is 9.99. The van der Waals surface area contributed by atoms with E-state index in [2.05, 4.69) is 24.5 Å². The number of thioether (sulfide) groups is 1. The third-order valence-corrected chi connectivity index (χ3v) is 3.49. The van der Waals surface area contributed by atoms with Crippen LogP contribution in [-0.2, 0) is 4.79 Å². The van der Waals surface area contributed by atoms with Gasteiger partial charge in [0.1, 0.15) is 11.3 Å². The van der Waals surface area contributed by atoms with Crippen molar-refractivity contribution in [2.45, 2.75) is 38.7 Å². The van der Waals surface area contributed by atoms with E-state index in [0.29, 0.717) is 18.1 Å². The Morgan fingerprint density at radius 1 is 1.64 bits per heavy atom. The van der Waals surface area contributed by atoms with Crippen LogP contribution < -0.4 is 10.6 Å². The van der Waals surface area contributed by atoms with Gasteiger partial charge in [-0.1, -0.05) is 20.8 Å². The molecule has 0 bridgehead atoms. The topological polar surface area (TPSA) is 41.1 Å².